The van der Waals surface area contributed by atoms with Gasteiger partial charge in [-0.3, -0.25) is 4.79 Å². The first-order chi connectivity index (χ1) is 10.6. The molecule has 22 heavy (non-hydrogen) atoms. The highest BCUT2D eigenvalue weighted by Crippen LogP contribution is 2.19. The average molecular weight is 360 g/mol. The molecule has 0 spiro atoms. The van der Waals surface area contributed by atoms with E-state index in [1.54, 1.807) is 31.2 Å². The minimum Gasteiger partial charge on any atom is -0.496 e. The van der Waals surface area contributed by atoms with Crippen LogP contribution in [0.3, 0.4) is 0 Å². The van der Waals surface area contributed by atoms with Crippen molar-refractivity contribution in [3.63, 3.8) is 0 Å². The molecule has 1 amide bonds. The van der Waals surface area contributed by atoms with E-state index in [1.165, 1.54) is 0 Å². The first kappa shape index (κ1) is 16.3. The Morgan fingerprint density at radius 3 is 2.59 bits per heavy atom. The van der Waals surface area contributed by atoms with Gasteiger partial charge in [0.25, 0.3) is 0 Å². The van der Waals surface area contributed by atoms with Crippen LogP contribution < -0.4 is 4.74 Å². The van der Waals surface area contributed by atoms with Crippen LogP contribution >= 0.6 is 15.9 Å². The Labute approximate surface area is 139 Å². The van der Waals surface area contributed by atoms with E-state index in [0.29, 0.717) is 6.54 Å². The molecule has 0 saturated heterocycles. The Balaban J connectivity index is 2.05. The molecule has 0 aliphatic carbocycles. The van der Waals surface area contributed by atoms with Crippen molar-refractivity contribution in [3.05, 3.63) is 70.2 Å². The van der Waals surface area contributed by atoms with Crippen LogP contribution in [0.5, 0.6) is 5.75 Å². The van der Waals surface area contributed by atoms with Gasteiger partial charge >= 0.3 is 0 Å². The van der Waals surface area contributed by atoms with Crippen molar-refractivity contribution in [2.75, 3.05) is 14.2 Å². The predicted octanol–water partition coefficient (Wildman–Crippen LogP) is 4.13. The van der Waals surface area contributed by atoms with E-state index in [-0.39, 0.29) is 5.91 Å². The Morgan fingerprint density at radius 1 is 1.18 bits per heavy atom. The number of carbonyl (C=O) groups is 1. The molecule has 114 valence electrons. The fourth-order valence-corrected chi connectivity index (χ4v) is 2.46. The number of hydrogen-bond acceptors (Lipinski definition) is 2. The number of ether oxygens (including phenoxy) is 1. The summed E-state index contributed by atoms with van der Waals surface area (Å²) in [5.41, 5.74) is 1.96. The van der Waals surface area contributed by atoms with E-state index in [4.69, 9.17) is 4.74 Å². The number of carbonyl (C=O) groups excluding carboxylic acids is 1. The first-order valence-electron chi connectivity index (χ1n) is 6.91. The fraction of sp³-hybridized carbons (Fsp3) is 0.167. The van der Waals surface area contributed by atoms with Crippen LogP contribution in [0.15, 0.2) is 59.1 Å². The Morgan fingerprint density at radius 2 is 1.86 bits per heavy atom. The summed E-state index contributed by atoms with van der Waals surface area (Å²) in [6.45, 7) is 0.552. The van der Waals surface area contributed by atoms with Crippen molar-refractivity contribution < 1.29 is 9.53 Å². The summed E-state index contributed by atoms with van der Waals surface area (Å²) in [5.74, 6) is 0.696. The minimum atomic E-state index is -0.0540. The number of para-hydroxylation sites is 1. The van der Waals surface area contributed by atoms with Crippen molar-refractivity contribution in [1.29, 1.82) is 0 Å². The minimum absolute atomic E-state index is 0.0540. The van der Waals surface area contributed by atoms with Gasteiger partial charge in [0.2, 0.25) is 5.91 Å². The van der Waals surface area contributed by atoms with Gasteiger partial charge in [-0.2, -0.15) is 0 Å². The second kappa shape index (κ2) is 7.80. The van der Waals surface area contributed by atoms with Crippen LogP contribution in [0.2, 0.25) is 0 Å². The molecular formula is C18H18BrNO2. The number of methoxy groups -OCH3 is 1. The molecule has 0 aliphatic rings. The third kappa shape index (κ3) is 4.21. The molecule has 0 saturated carbocycles. The monoisotopic (exact) mass is 359 g/mol. The van der Waals surface area contributed by atoms with E-state index in [9.17, 15) is 4.79 Å². The van der Waals surface area contributed by atoms with Crippen molar-refractivity contribution in [2.24, 2.45) is 0 Å². The van der Waals surface area contributed by atoms with E-state index in [0.717, 1.165) is 21.3 Å². The zero-order valence-corrected chi connectivity index (χ0v) is 14.2. The molecule has 2 aromatic rings. The van der Waals surface area contributed by atoms with Gasteiger partial charge in [0.15, 0.2) is 0 Å². The Hall–Kier alpha value is -2.07. The lowest BCUT2D eigenvalue weighted by atomic mass is 10.2. The first-order valence-corrected chi connectivity index (χ1v) is 7.70. The quantitative estimate of drug-likeness (QED) is 0.751. The van der Waals surface area contributed by atoms with Gasteiger partial charge in [-0.25, -0.2) is 0 Å². The molecule has 2 aromatic carbocycles. The van der Waals surface area contributed by atoms with Crippen LogP contribution in [0.1, 0.15) is 11.1 Å². The van der Waals surface area contributed by atoms with Gasteiger partial charge in [-0.1, -0.05) is 52.3 Å². The van der Waals surface area contributed by atoms with Gasteiger partial charge in [0.05, 0.1) is 7.11 Å². The summed E-state index contributed by atoms with van der Waals surface area (Å²) in [7, 11) is 3.40. The SMILES string of the molecule is COc1ccccc1/C=C/C(=O)N(C)Cc1ccccc1Br. The normalized spacial score (nSPS) is 10.7. The topological polar surface area (TPSA) is 29.5 Å². The van der Waals surface area contributed by atoms with Crippen LogP contribution in [0, 0.1) is 0 Å². The smallest absolute Gasteiger partial charge is 0.246 e. The van der Waals surface area contributed by atoms with Crippen LogP contribution in [-0.2, 0) is 11.3 Å². The molecule has 0 aliphatic heterocycles. The Bertz CT molecular complexity index is 682. The zero-order chi connectivity index (χ0) is 15.9. The molecule has 0 N–H and O–H groups in total. The molecule has 4 heteroatoms. The van der Waals surface area contributed by atoms with Crippen LogP contribution in [0.4, 0.5) is 0 Å². The molecule has 0 radical (unpaired) electrons. The summed E-state index contributed by atoms with van der Waals surface area (Å²) in [4.78, 5) is 13.9. The van der Waals surface area contributed by atoms with Gasteiger partial charge in [-0.05, 0) is 23.8 Å². The highest BCUT2D eigenvalue weighted by atomic mass is 79.9. The number of hydrogen-bond donors (Lipinski definition) is 0. The van der Waals surface area contributed by atoms with E-state index in [2.05, 4.69) is 15.9 Å². The van der Waals surface area contributed by atoms with Gasteiger partial charge in [0.1, 0.15) is 5.75 Å². The van der Waals surface area contributed by atoms with Crippen molar-refractivity contribution in [3.8, 4) is 5.75 Å². The van der Waals surface area contributed by atoms with Crippen molar-refractivity contribution >= 4 is 27.9 Å². The average Bonchev–Trinajstić information content (AvgIpc) is 2.54. The van der Waals surface area contributed by atoms with E-state index in [1.807, 2.05) is 48.5 Å². The number of halogens is 1. The number of rotatable bonds is 5. The molecule has 2 rings (SSSR count). The van der Waals surface area contributed by atoms with Crippen LogP contribution in [0.25, 0.3) is 6.08 Å². The summed E-state index contributed by atoms with van der Waals surface area (Å²) in [6, 6.07) is 15.5. The molecule has 3 nitrogen and oxygen atoms in total. The number of likely N-dealkylation sites (N-methyl/N-ethyl adjacent to an activating group) is 1. The third-order valence-electron chi connectivity index (χ3n) is 3.29. The van der Waals surface area contributed by atoms with Crippen molar-refractivity contribution in [2.45, 2.75) is 6.54 Å². The number of nitrogens with zero attached hydrogens (tertiary/aromatic N) is 1. The number of amides is 1. The maximum absolute atomic E-state index is 12.2. The predicted molar refractivity (Wildman–Crippen MR) is 92.6 cm³/mol. The molecule has 0 heterocycles. The van der Waals surface area contributed by atoms with Gasteiger partial charge in [0, 0.05) is 29.7 Å². The zero-order valence-electron chi connectivity index (χ0n) is 12.6. The second-order valence-electron chi connectivity index (χ2n) is 4.86. The maximum Gasteiger partial charge on any atom is 0.246 e. The molecule has 0 atom stereocenters. The molecule has 0 aromatic heterocycles. The van der Waals surface area contributed by atoms with Crippen molar-refractivity contribution in [1.82, 2.24) is 4.90 Å². The standard InChI is InChI=1S/C18H18BrNO2/c1-20(13-15-8-3-5-9-16(15)19)18(21)12-11-14-7-4-6-10-17(14)22-2/h3-12H,13H2,1-2H3/b12-11+. The molecule has 0 unspecified atom stereocenters. The largest absolute Gasteiger partial charge is 0.496 e. The molecular weight excluding hydrogens is 342 g/mol. The van der Waals surface area contributed by atoms with Crippen LogP contribution in [-0.4, -0.2) is 25.0 Å². The van der Waals surface area contributed by atoms with Gasteiger partial charge < -0.3 is 9.64 Å². The summed E-state index contributed by atoms with van der Waals surface area (Å²) >= 11 is 3.50. The second-order valence-corrected chi connectivity index (χ2v) is 5.72. The Kier molecular flexibility index (Phi) is 5.78. The highest BCUT2D eigenvalue weighted by Gasteiger charge is 2.08. The lowest BCUT2D eigenvalue weighted by molar-refractivity contribution is -0.125. The summed E-state index contributed by atoms with van der Waals surface area (Å²) < 4.78 is 6.27. The molecule has 0 fully saturated rings. The third-order valence-corrected chi connectivity index (χ3v) is 4.06. The lowest BCUT2D eigenvalue weighted by Crippen LogP contribution is -2.24. The van der Waals surface area contributed by atoms with E-state index >= 15 is 0 Å². The fourth-order valence-electron chi connectivity index (χ4n) is 2.05. The lowest BCUT2D eigenvalue weighted by Gasteiger charge is -2.16. The van der Waals surface area contributed by atoms with Gasteiger partial charge in [-0.15, -0.1) is 0 Å². The number of benzene rings is 2. The maximum atomic E-state index is 12.2. The van der Waals surface area contributed by atoms with E-state index < -0.39 is 0 Å². The molecule has 0 bridgehead atoms. The summed E-state index contributed by atoms with van der Waals surface area (Å²) in [6.07, 6.45) is 3.34. The highest BCUT2D eigenvalue weighted by molar-refractivity contribution is 9.10. The summed E-state index contributed by atoms with van der Waals surface area (Å²) in [5, 5.41) is 0.